The summed E-state index contributed by atoms with van der Waals surface area (Å²) in [6, 6.07) is 0.423. The van der Waals surface area contributed by atoms with E-state index in [1.165, 1.54) is 0 Å². The van der Waals surface area contributed by atoms with Crippen LogP contribution in [0.1, 0.15) is 52.9 Å². The molecule has 2 nitrogen and oxygen atoms in total. The molecule has 0 saturated heterocycles. The molecule has 0 bridgehead atoms. The van der Waals surface area contributed by atoms with Gasteiger partial charge in [-0.3, -0.25) is 4.79 Å². The fourth-order valence-electron chi connectivity index (χ4n) is 1.80. The molecule has 0 rings (SSSR count). The minimum Gasteiger partial charge on any atom is -0.339 e. The third-order valence-corrected chi connectivity index (χ3v) is 3.13. The molecule has 0 aliphatic carbocycles. The van der Waals surface area contributed by atoms with E-state index < -0.39 is 0 Å². The monoisotopic (exact) mass is 277 g/mol. The van der Waals surface area contributed by atoms with E-state index in [0.717, 1.165) is 37.6 Å². The second-order valence-corrected chi connectivity index (χ2v) is 4.64. The zero-order valence-electron chi connectivity index (χ0n) is 10.3. The Morgan fingerprint density at radius 1 is 1.27 bits per heavy atom. The number of carbonyl (C=O) groups is 1. The summed E-state index contributed by atoms with van der Waals surface area (Å²) >= 11 is 3.42. The summed E-state index contributed by atoms with van der Waals surface area (Å²) < 4.78 is 0. The molecular formula is C12H24BrNO. The normalized spacial score (nSPS) is 10.7. The Kier molecular flexibility index (Phi) is 9.17. The van der Waals surface area contributed by atoms with Crippen LogP contribution in [0.2, 0.25) is 0 Å². The first-order valence-electron chi connectivity index (χ1n) is 6.06. The van der Waals surface area contributed by atoms with Crippen molar-refractivity contribution in [1.29, 1.82) is 0 Å². The van der Waals surface area contributed by atoms with Crippen molar-refractivity contribution in [1.82, 2.24) is 4.90 Å². The number of unbranched alkanes of at least 4 members (excludes halogenated alkanes) is 1. The van der Waals surface area contributed by atoms with Gasteiger partial charge in [0.25, 0.3) is 0 Å². The van der Waals surface area contributed by atoms with Crippen LogP contribution in [-0.4, -0.2) is 28.7 Å². The van der Waals surface area contributed by atoms with Gasteiger partial charge in [0.1, 0.15) is 0 Å². The molecule has 90 valence electrons. The van der Waals surface area contributed by atoms with E-state index in [0.29, 0.717) is 18.4 Å². The van der Waals surface area contributed by atoms with Gasteiger partial charge in [0.05, 0.1) is 0 Å². The highest BCUT2D eigenvalue weighted by Gasteiger charge is 2.19. The van der Waals surface area contributed by atoms with Gasteiger partial charge in [0, 0.05) is 24.3 Å². The lowest BCUT2D eigenvalue weighted by Crippen LogP contribution is -2.40. The molecule has 0 N–H and O–H groups in total. The molecule has 0 aromatic rings. The second kappa shape index (κ2) is 9.20. The van der Waals surface area contributed by atoms with Crippen LogP contribution in [0.3, 0.4) is 0 Å². The number of carbonyl (C=O) groups excluding carboxylic acids is 1. The largest absolute Gasteiger partial charge is 0.339 e. The van der Waals surface area contributed by atoms with Crippen LogP contribution in [0.4, 0.5) is 0 Å². The molecule has 0 aliphatic heterocycles. The fraction of sp³-hybridized carbons (Fsp3) is 0.917. The first-order valence-corrected chi connectivity index (χ1v) is 7.18. The van der Waals surface area contributed by atoms with Crippen LogP contribution in [0.5, 0.6) is 0 Å². The van der Waals surface area contributed by atoms with Crippen LogP contribution >= 0.6 is 15.9 Å². The molecule has 3 heteroatoms. The minimum absolute atomic E-state index is 0.324. The van der Waals surface area contributed by atoms with E-state index in [4.69, 9.17) is 0 Å². The lowest BCUT2D eigenvalue weighted by molar-refractivity contribution is -0.133. The third kappa shape index (κ3) is 5.55. The lowest BCUT2D eigenvalue weighted by atomic mass is 10.1. The summed E-state index contributed by atoms with van der Waals surface area (Å²) in [5.41, 5.74) is 0. The molecule has 15 heavy (non-hydrogen) atoms. The first kappa shape index (κ1) is 14.9. The number of hydrogen-bond donors (Lipinski definition) is 0. The molecule has 0 unspecified atom stereocenters. The van der Waals surface area contributed by atoms with Gasteiger partial charge < -0.3 is 4.90 Å². The Labute approximate surface area is 103 Å². The molecule has 0 heterocycles. The van der Waals surface area contributed by atoms with Crippen molar-refractivity contribution in [3.8, 4) is 0 Å². The number of hydrogen-bond acceptors (Lipinski definition) is 1. The van der Waals surface area contributed by atoms with Gasteiger partial charge in [-0.2, -0.15) is 0 Å². The zero-order valence-corrected chi connectivity index (χ0v) is 11.8. The third-order valence-electron chi connectivity index (χ3n) is 2.77. The maximum Gasteiger partial charge on any atom is 0.222 e. The van der Waals surface area contributed by atoms with Crippen molar-refractivity contribution in [2.24, 2.45) is 0 Å². The Morgan fingerprint density at radius 3 is 2.27 bits per heavy atom. The number of alkyl halides is 1. The average Bonchev–Trinajstić information content (AvgIpc) is 2.26. The maximum absolute atomic E-state index is 12.0. The SMILES string of the molecule is CCCCC(=O)N(CCBr)C(CC)CC. The standard InChI is InChI=1S/C12H24BrNO/c1-4-7-8-12(15)14(10-9-13)11(5-2)6-3/h11H,4-10H2,1-3H3. The van der Waals surface area contributed by atoms with Gasteiger partial charge in [-0.05, 0) is 19.3 Å². The summed E-state index contributed by atoms with van der Waals surface area (Å²) in [7, 11) is 0. The van der Waals surface area contributed by atoms with E-state index in [2.05, 4.69) is 36.7 Å². The zero-order chi connectivity index (χ0) is 11.7. The summed E-state index contributed by atoms with van der Waals surface area (Å²) in [6.45, 7) is 7.28. The predicted octanol–water partition coefficient (Wildman–Crippen LogP) is 3.59. The quantitative estimate of drug-likeness (QED) is 0.621. The second-order valence-electron chi connectivity index (χ2n) is 3.85. The summed E-state index contributed by atoms with van der Waals surface area (Å²) in [6.07, 6.45) is 4.93. The van der Waals surface area contributed by atoms with Crippen molar-refractivity contribution >= 4 is 21.8 Å². The predicted molar refractivity (Wildman–Crippen MR) is 69.4 cm³/mol. The molecular weight excluding hydrogens is 254 g/mol. The maximum atomic E-state index is 12.0. The van der Waals surface area contributed by atoms with Gasteiger partial charge in [-0.1, -0.05) is 43.1 Å². The molecule has 0 aliphatic rings. The Hall–Kier alpha value is -0.0500. The molecule has 0 aromatic carbocycles. The van der Waals surface area contributed by atoms with Crippen molar-refractivity contribution in [2.75, 3.05) is 11.9 Å². The van der Waals surface area contributed by atoms with Crippen LogP contribution in [0.25, 0.3) is 0 Å². The van der Waals surface area contributed by atoms with E-state index in [1.807, 2.05) is 4.90 Å². The topological polar surface area (TPSA) is 20.3 Å². The summed E-state index contributed by atoms with van der Waals surface area (Å²) in [5, 5.41) is 0.876. The number of halogens is 1. The molecule has 0 spiro atoms. The minimum atomic E-state index is 0.324. The van der Waals surface area contributed by atoms with Crippen LogP contribution in [-0.2, 0) is 4.79 Å². The Balaban J connectivity index is 4.28. The van der Waals surface area contributed by atoms with Gasteiger partial charge >= 0.3 is 0 Å². The van der Waals surface area contributed by atoms with E-state index >= 15 is 0 Å². The first-order chi connectivity index (χ1) is 7.21. The summed E-state index contributed by atoms with van der Waals surface area (Å²) in [4.78, 5) is 14.0. The molecule has 0 fully saturated rings. The highest BCUT2D eigenvalue weighted by atomic mass is 79.9. The molecule has 1 amide bonds. The van der Waals surface area contributed by atoms with Gasteiger partial charge in [-0.25, -0.2) is 0 Å². The van der Waals surface area contributed by atoms with Gasteiger partial charge in [-0.15, -0.1) is 0 Å². The molecule has 0 saturated carbocycles. The average molecular weight is 278 g/mol. The number of nitrogens with zero attached hydrogens (tertiary/aromatic N) is 1. The Bertz CT molecular complexity index is 169. The Morgan fingerprint density at radius 2 is 1.87 bits per heavy atom. The van der Waals surface area contributed by atoms with Crippen LogP contribution in [0, 0.1) is 0 Å². The number of amides is 1. The van der Waals surface area contributed by atoms with Crippen LogP contribution < -0.4 is 0 Å². The van der Waals surface area contributed by atoms with E-state index in [9.17, 15) is 4.79 Å². The molecule has 0 atom stereocenters. The van der Waals surface area contributed by atoms with Gasteiger partial charge in [0.15, 0.2) is 0 Å². The fourth-order valence-corrected chi connectivity index (χ4v) is 2.19. The summed E-state index contributed by atoms with van der Waals surface area (Å²) in [5.74, 6) is 0.324. The van der Waals surface area contributed by atoms with Crippen LogP contribution in [0.15, 0.2) is 0 Å². The highest BCUT2D eigenvalue weighted by molar-refractivity contribution is 9.09. The van der Waals surface area contributed by atoms with Gasteiger partial charge in [0.2, 0.25) is 5.91 Å². The van der Waals surface area contributed by atoms with E-state index in [-0.39, 0.29) is 0 Å². The van der Waals surface area contributed by atoms with E-state index in [1.54, 1.807) is 0 Å². The van der Waals surface area contributed by atoms with Crippen molar-refractivity contribution < 1.29 is 4.79 Å². The number of rotatable bonds is 8. The lowest BCUT2D eigenvalue weighted by Gasteiger charge is -2.30. The van der Waals surface area contributed by atoms with Crippen molar-refractivity contribution in [3.05, 3.63) is 0 Å². The highest BCUT2D eigenvalue weighted by Crippen LogP contribution is 2.12. The van der Waals surface area contributed by atoms with Crippen molar-refractivity contribution in [3.63, 3.8) is 0 Å². The van der Waals surface area contributed by atoms with Crippen molar-refractivity contribution in [2.45, 2.75) is 58.9 Å². The molecule has 0 aromatic heterocycles. The molecule has 0 radical (unpaired) electrons. The smallest absolute Gasteiger partial charge is 0.222 e.